The monoisotopic (exact) mass is 538 g/mol. The number of hydrogen-bond acceptors (Lipinski definition) is 3. The van der Waals surface area contributed by atoms with Crippen LogP contribution in [0.5, 0.6) is 0 Å². The molecular formula is C32H31BrN2O. The number of nitrogens with zero attached hydrogens (tertiary/aromatic N) is 2. The van der Waals surface area contributed by atoms with Gasteiger partial charge in [-0.1, -0.05) is 94.8 Å². The van der Waals surface area contributed by atoms with Gasteiger partial charge in [-0.05, 0) is 73.1 Å². The molecule has 0 bridgehead atoms. The van der Waals surface area contributed by atoms with Crippen molar-refractivity contribution in [3.63, 3.8) is 0 Å². The SMILES string of the molecule is CN(C)CC[C@](O)(c1cccc2ccccc12)C(Cc1ccccc1)c1ccc2cc(Br)ccc2n1. The first kappa shape index (κ1) is 24.6. The van der Waals surface area contributed by atoms with Crippen LogP contribution in [-0.4, -0.2) is 35.6 Å². The van der Waals surface area contributed by atoms with Gasteiger partial charge in [-0.2, -0.15) is 0 Å². The van der Waals surface area contributed by atoms with Crippen LogP contribution >= 0.6 is 15.9 Å². The van der Waals surface area contributed by atoms with E-state index < -0.39 is 5.60 Å². The van der Waals surface area contributed by atoms with Crippen LogP contribution in [0, 0.1) is 0 Å². The molecule has 0 radical (unpaired) electrons. The fourth-order valence-corrected chi connectivity index (χ4v) is 5.55. The van der Waals surface area contributed by atoms with Gasteiger partial charge in [-0.25, -0.2) is 0 Å². The van der Waals surface area contributed by atoms with Gasteiger partial charge < -0.3 is 10.0 Å². The Hall–Kier alpha value is -3.05. The first-order valence-corrected chi connectivity index (χ1v) is 13.2. The molecule has 0 aliphatic heterocycles. The summed E-state index contributed by atoms with van der Waals surface area (Å²) in [4.78, 5) is 7.26. The van der Waals surface area contributed by atoms with Crippen molar-refractivity contribution in [2.45, 2.75) is 24.4 Å². The minimum Gasteiger partial charge on any atom is -0.384 e. The van der Waals surface area contributed by atoms with E-state index in [0.29, 0.717) is 12.8 Å². The standard InChI is InChI=1S/C32H31BrN2O/c1-35(2)20-19-32(36,28-14-8-12-24-11-6-7-13-27(24)28)29(21-23-9-4-3-5-10-23)31-17-15-25-22-26(33)16-18-30(25)34-31/h3-18,22,29,36H,19-21H2,1-2H3/t29?,32-/m0/s1. The van der Waals surface area contributed by atoms with Crippen LogP contribution < -0.4 is 0 Å². The summed E-state index contributed by atoms with van der Waals surface area (Å²) >= 11 is 3.57. The van der Waals surface area contributed by atoms with Crippen LogP contribution in [0.1, 0.15) is 29.2 Å². The van der Waals surface area contributed by atoms with Gasteiger partial charge in [0.2, 0.25) is 0 Å². The van der Waals surface area contributed by atoms with Gasteiger partial charge in [0.25, 0.3) is 0 Å². The predicted octanol–water partition coefficient (Wildman–Crippen LogP) is 7.32. The van der Waals surface area contributed by atoms with Gasteiger partial charge in [0.05, 0.1) is 5.52 Å². The highest BCUT2D eigenvalue weighted by Crippen LogP contribution is 2.44. The lowest BCUT2D eigenvalue weighted by Gasteiger charge is -2.38. The maximum Gasteiger partial charge on any atom is 0.100 e. The quantitative estimate of drug-likeness (QED) is 0.225. The van der Waals surface area contributed by atoms with Gasteiger partial charge >= 0.3 is 0 Å². The summed E-state index contributed by atoms with van der Waals surface area (Å²) in [6, 6.07) is 35.4. The second-order valence-corrected chi connectivity index (χ2v) is 10.7. The van der Waals surface area contributed by atoms with Crippen LogP contribution in [0.25, 0.3) is 21.7 Å². The normalized spacial score (nSPS) is 14.2. The fraction of sp³-hybridized carbons (Fsp3) is 0.219. The maximum atomic E-state index is 12.8. The molecule has 5 aromatic rings. The molecule has 1 N–H and O–H groups in total. The predicted molar refractivity (Wildman–Crippen MR) is 153 cm³/mol. The molecule has 36 heavy (non-hydrogen) atoms. The lowest BCUT2D eigenvalue weighted by Crippen LogP contribution is -2.38. The van der Waals surface area contributed by atoms with E-state index >= 15 is 0 Å². The second-order valence-electron chi connectivity index (χ2n) is 9.82. The van der Waals surface area contributed by atoms with E-state index in [0.717, 1.165) is 44.0 Å². The van der Waals surface area contributed by atoms with Crippen LogP contribution in [-0.2, 0) is 12.0 Å². The van der Waals surface area contributed by atoms with Crippen molar-refractivity contribution in [3.8, 4) is 0 Å². The van der Waals surface area contributed by atoms with E-state index in [4.69, 9.17) is 4.98 Å². The molecule has 1 aromatic heterocycles. The summed E-state index contributed by atoms with van der Waals surface area (Å²) in [6.45, 7) is 0.755. The smallest absolute Gasteiger partial charge is 0.100 e. The molecule has 5 rings (SSSR count). The Morgan fingerprint density at radius 3 is 2.39 bits per heavy atom. The third kappa shape index (κ3) is 5.08. The molecule has 0 amide bonds. The molecule has 0 saturated carbocycles. The molecule has 182 valence electrons. The molecule has 0 spiro atoms. The van der Waals surface area contributed by atoms with Gasteiger partial charge in [-0.15, -0.1) is 0 Å². The van der Waals surface area contributed by atoms with E-state index in [1.807, 2.05) is 18.2 Å². The molecule has 0 aliphatic carbocycles. The van der Waals surface area contributed by atoms with E-state index in [2.05, 4.69) is 120 Å². The molecule has 1 heterocycles. The highest BCUT2D eigenvalue weighted by molar-refractivity contribution is 9.10. The Morgan fingerprint density at radius 1 is 0.833 bits per heavy atom. The van der Waals surface area contributed by atoms with Crippen LogP contribution in [0.2, 0.25) is 0 Å². The largest absolute Gasteiger partial charge is 0.384 e. The number of aliphatic hydroxyl groups is 1. The second kappa shape index (κ2) is 10.5. The van der Waals surface area contributed by atoms with Crippen molar-refractivity contribution >= 4 is 37.6 Å². The Morgan fingerprint density at radius 2 is 1.58 bits per heavy atom. The van der Waals surface area contributed by atoms with E-state index in [-0.39, 0.29) is 5.92 Å². The van der Waals surface area contributed by atoms with Gasteiger partial charge in [0, 0.05) is 28.0 Å². The van der Waals surface area contributed by atoms with Crippen molar-refractivity contribution in [2.75, 3.05) is 20.6 Å². The number of aromatic nitrogens is 1. The number of benzene rings is 4. The third-order valence-electron chi connectivity index (χ3n) is 7.09. The maximum absolute atomic E-state index is 12.8. The lowest BCUT2D eigenvalue weighted by atomic mass is 9.72. The number of halogens is 1. The average Bonchev–Trinajstić information content (AvgIpc) is 2.90. The molecular weight excluding hydrogens is 508 g/mol. The summed E-state index contributed by atoms with van der Waals surface area (Å²) in [7, 11) is 4.11. The minimum absolute atomic E-state index is 0.237. The van der Waals surface area contributed by atoms with Crippen LogP contribution in [0.4, 0.5) is 0 Å². The molecule has 0 fully saturated rings. The summed E-state index contributed by atoms with van der Waals surface area (Å²) in [5, 5.41) is 16.1. The number of fused-ring (bicyclic) bond motifs is 2. The third-order valence-corrected chi connectivity index (χ3v) is 7.58. The first-order chi connectivity index (χ1) is 17.4. The molecule has 1 unspecified atom stereocenters. The molecule has 0 saturated heterocycles. The van der Waals surface area contributed by atoms with Gasteiger partial charge in [0.15, 0.2) is 0 Å². The molecule has 4 aromatic carbocycles. The summed E-state index contributed by atoms with van der Waals surface area (Å²) < 4.78 is 1.03. The number of rotatable bonds is 8. The Bertz CT molecular complexity index is 1480. The zero-order valence-electron chi connectivity index (χ0n) is 20.7. The van der Waals surface area contributed by atoms with Crippen molar-refractivity contribution in [1.29, 1.82) is 0 Å². The van der Waals surface area contributed by atoms with E-state index in [1.54, 1.807) is 0 Å². The van der Waals surface area contributed by atoms with Crippen molar-refractivity contribution in [1.82, 2.24) is 9.88 Å². The first-order valence-electron chi connectivity index (χ1n) is 12.4. The highest BCUT2D eigenvalue weighted by atomic mass is 79.9. The Balaban J connectivity index is 1.72. The Labute approximate surface area is 221 Å². The topological polar surface area (TPSA) is 36.4 Å². The highest BCUT2D eigenvalue weighted by Gasteiger charge is 2.41. The van der Waals surface area contributed by atoms with E-state index in [1.165, 1.54) is 5.56 Å². The van der Waals surface area contributed by atoms with Crippen molar-refractivity contribution < 1.29 is 5.11 Å². The van der Waals surface area contributed by atoms with Gasteiger partial charge in [0.1, 0.15) is 5.60 Å². The zero-order valence-corrected chi connectivity index (χ0v) is 22.3. The van der Waals surface area contributed by atoms with E-state index in [9.17, 15) is 5.11 Å². The fourth-order valence-electron chi connectivity index (χ4n) is 5.17. The van der Waals surface area contributed by atoms with Gasteiger partial charge in [-0.3, -0.25) is 4.98 Å². The number of hydrogen-bond donors (Lipinski definition) is 1. The average molecular weight is 540 g/mol. The summed E-state index contributed by atoms with van der Waals surface area (Å²) in [6.07, 6.45) is 1.27. The number of pyridine rings is 1. The summed E-state index contributed by atoms with van der Waals surface area (Å²) in [5.41, 5.74) is 2.85. The Kier molecular flexibility index (Phi) is 7.20. The summed E-state index contributed by atoms with van der Waals surface area (Å²) in [5.74, 6) is -0.237. The van der Waals surface area contributed by atoms with Crippen LogP contribution in [0.3, 0.4) is 0 Å². The van der Waals surface area contributed by atoms with Crippen LogP contribution in [0.15, 0.2) is 108 Å². The molecule has 4 heteroatoms. The van der Waals surface area contributed by atoms with Crippen molar-refractivity contribution in [3.05, 3.63) is 124 Å². The van der Waals surface area contributed by atoms with Crippen molar-refractivity contribution in [2.24, 2.45) is 0 Å². The molecule has 2 atom stereocenters. The minimum atomic E-state index is -1.13. The molecule has 3 nitrogen and oxygen atoms in total. The molecule has 0 aliphatic rings. The zero-order chi connectivity index (χ0) is 25.1. The lowest BCUT2D eigenvalue weighted by molar-refractivity contribution is -0.00701.